The van der Waals surface area contributed by atoms with Crippen molar-refractivity contribution in [3.8, 4) is 67.0 Å². The predicted molar refractivity (Wildman–Crippen MR) is 206 cm³/mol. The van der Waals surface area contributed by atoms with Crippen molar-refractivity contribution < 1.29 is 0 Å². The second-order valence-corrected chi connectivity index (χ2v) is 13.6. The third-order valence-electron chi connectivity index (χ3n) is 10.2. The van der Waals surface area contributed by atoms with Crippen LogP contribution in [0.4, 0.5) is 0 Å². The number of benzene rings is 7. The van der Waals surface area contributed by atoms with Gasteiger partial charge in [-0.25, -0.2) is 4.98 Å². The van der Waals surface area contributed by atoms with Gasteiger partial charge in [0.2, 0.25) is 0 Å². The summed E-state index contributed by atoms with van der Waals surface area (Å²) in [6.45, 7) is 4.75. The number of aromatic nitrogens is 1. The van der Waals surface area contributed by atoms with E-state index in [4.69, 9.17) is 4.98 Å². The summed E-state index contributed by atoms with van der Waals surface area (Å²) in [6.07, 6.45) is 0. The molecule has 1 nitrogen and oxygen atoms in total. The molecule has 0 fully saturated rings. The summed E-state index contributed by atoms with van der Waals surface area (Å²) in [6, 6.07) is 63.6. The Morgan fingerprint density at radius 2 is 0.898 bits per heavy atom. The Kier molecular flexibility index (Phi) is 6.88. The van der Waals surface area contributed by atoms with E-state index in [0.717, 1.165) is 22.5 Å². The Hall–Kier alpha value is -6.05. The second kappa shape index (κ2) is 11.6. The fourth-order valence-electron chi connectivity index (χ4n) is 7.85. The largest absolute Gasteiger partial charge is 0.248 e. The van der Waals surface area contributed by atoms with Gasteiger partial charge in [0.05, 0.1) is 11.4 Å². The van der Waals surface area contributed by atoms with E-state index in [2.05, 4.69) is 190 Å². The number of hydrogen-bond donors (Lipinski definition) is 0. The quantitative estimate of drug-likeness (QED) is 0.185. The molecule has 0 atom stereocenters. The normalized spacial score (nSPS) is 12.9. The van der Waals surface area contributed by atoms with Crippen LogP contribution in [0.5, 0.6) is 0 Å². The van der Waals surface area contributed by atoms with Crippen LogP contribution in [-0.2, 0) is 5.41 Å². The Labute approximate surface area is 288 Å². The lowest BCUT2D eigenvalue weighted by Crippen LogP contribution is -2.15. The summed E-state index contributed by atoms with van der Waals surface area (Å²) < 4.78 is 0. The molecular weight excluding hydrogens is 591 g/mol. The van der Waals surface area contributed by atoms with Crippen LogP contribution in [0.1, 0.15) is 25.0 Å². The first-order valence-corrected chi connectivity index (χ1v) is 17.0. The summed E-state index contributed by atoms with van der Waals surface area (Å²) in [5.41, 5.74) is 16.6. The van der Waals surface area contributed by atoms with Crippen LogP contribution in [0.3, 0.4) is 0 Å². The molecule has 1 heterocycles. The van der Waals surface area contributed by atoms with Crippen molar-refractivity contribution >= 4 is 10.8 Å². The third kappa shape index (κ3) is 4.98. The van der Waals surface area contributed by atoms with Crippen molar-refractivity contribution in [1.82, 2.24) is 4.98 Å². The average molecular weight is 626 g/mol. The van der Waals surface area contributed by atoms with Crippen LogP contribution in [-0.4, -0.2) is 4.98 Å². The fourth-order valence-corrected chi connectivity index (χ4v) is 7.85. The van der Waals surface area contributed by atoms with Crippen molar-refractivity contribution in [3.63, 3.8) is 0 Å². The highest BCUT2D eigenvalue weighted by molar-refractivity contribution is 6.05. The average Bonchev–Trinajstić information content (AvgIpc) is 3.42. The van der Waals surface area contributed by atoms with E-state index in [1.807, 2.05) is 0 Å². The van der Waals surface area contributed by atoms with E-state index in [1.165, 1.54) is 66.4 Å². The second-order valence-electron chi connectivity index (χ2n) is 13.6. The van der Waals surface area contributed by atoms with Crippen molar-refractivity contribution in [1.29, 1.82) is 0 Å². The van der Waals surface area contributed by atoms with Crippen LogP contribution in [0, 0.1) is 0 Å². The maximum absolute atomic E-state index is 5.40. The Morgan fingerprint density at radius 1 is 0.388 bits per heavy atom. The van der Waals surface area contributed by atoms with Gasteiger partial charge in [0, 0.05) is 16.5 Å². The molecule has 0 saturated heterocycles. The molecule has 0 N–H and O–H groups in total. The van der Waals surface area contributed by atoms with Gasteiger partial charge in [0.25, 0.3) is 0 Å². The monoisotopic (exact) mass is 625 g/mol. The highest BCUT2D eigenvalue weighted by Crippen LogP contribution is 2.55. The minimum atomic E-state index is -0.131. The van der Waals surface area contributed by atoms with Crippen LogP contribution in [0.15, 0.2) is 176 Å². The molecule has 1 aliphatic carbocycles. The van der Waals surface area contributed by atoms with Crippen molar-refractivity contribution in [2.24, 2.45) is 0 Å². The zero-order valence-electron chi connectivity index (χ0n) is 27.7. The molecule has 7 aromatic carbocycles. The Balaban J connectivity index is 1.34. The van der Waals surface area contributed by atoms with Gasteiger partial charge in [0.1, 0.15) is 0 Å². The minimum Gasteiger partial charge on any atom is -0.248 e. The molecule has 0 spiro atoms. The van der Waals surface area contributed by atoms with E-state index in [0.29, 0.717) is 0 Å². The Morgan fingerprint density at radius 3 is 1.55 bits per heavy atom. The van der Waals surface area contributed by atoms with Crippen LogP contribution in [0.2, 0.25) is 0 Å². The van der Waals surface area contributed by atoms with Crippen LogP contribution < -0.4 is 0 Å². The van der Waals surface area contributed by atoms with Gasteiger partial charge in [-0.3, -0.25) is 0 Å². The maximum atomic E-state index is 5.40. The first kappa shape index (κ1) is 29.1. The van der Waals surface area contributed by atoms with Crippen LogP contribution in [0.25, 0.3) is 77.8 Å². The maximum Gasteiger partial charge on any atom is 0.0716 e. The van der Waals surface area contributed by atoms with Gasteiger partial charge in [-0.05, 0) is 103 Å². The first-order valence-electron chi connectivity index (χ1n) is 17.0. The van der Waals surface area contributed by atoms with Gasteiger partial charge < -0.3 is 0 Å². The fraction of sp³-hybridized carbons (Fsp3) is 0.0625. The number of fused-ring (bicyclic) bond motifs is 5. The molecule has 0 aliphatic heterocycles. The summed E-state index contributed by atoms with van der Waals surface area (Å²) >= 11 is 0. The predicted octanol–water partition coefficient (Wildman–Crippen LogP) is 12.9. The molecule has 0 amide bonds. The smallest absolute Gasteiger partial charge is 0.0716 e. The number of hydrogen-bond acceptors (Lipinski definition) is 1. The Bertz CT molecular complexity index is 2430. The van der Waals surface area contributed by atoms with E-state index in [-0.39, 0.29) is 5.41 Å². The molecule has 0 unspecified atom stereocenters. The van der Waals surface area contributed by atoms with E-state index in [1.54, 1.807) is 0 Å². The molecule has 1 aliphatic rings. The molecule has 0 saturated carbocycles. The SMILES string of the molecule is CC1(C)c2ccccc2-c2c(-c3cc(-c4ccccc4)nc(-c4cc(-c5ccccc5)cc(-c5ccccc5)c4)c3)cc3ccccc3c21. The molecule has 232 valence electrons. The molecule has 0 radical (unpaired) electrons. The lowest BCUT2D eigenvalue weighted by molar-refractivity contribution is 0.666. The zero-order valence-corrected chi connectivity index (χ0v) is 27.7. The summed E-state index contributed by atoms with van der Waals surface area (Å²) in [7, 11) is 0. The van der Waals surface area contributed by atoms with Gasteiger partial charge >= 0.3 is 0 Å². The lowest BCUT2D eigenvalue weighted by atomic mass is 9.79. The molecule has 1 heteroatoms. The van der Waals surface area contributed by atoms with Gasteiger partial charge in [-0.15, -0.1) is 0 Å². The number of rotatable bonds is 5. The van der Waals surface area contributed by atoms with Crippen molar-refractivity contribution in [2.75, 3.05) is 0 Å². The minimum absolute atomic E-state index is 0.131. The number of nitrogens with zero attached hydrogens (tertiary/aromatic N) is 1. The van der Waals surface area contributed by atoms with E-state index in [9.17, 15) is 0 Å². The first-order chi connectivity index (χ1) is 24.0. The highest BCUT2D eigenvalue weighted by Gasteiger charge is 2.38. The molecule has 0 bridgehead atoms. The standard InChI is InChI=1S/C48H35N/c1-48(2)43-25-15-14-24-41(43)46-42(29-35-22-12-13-23-40(35)47(46)48)38-30-44(34-20-10-5-11-21-34)49-45(31-38)39-27-36(32-16-6-3-7-17-32)26-37(28-39)33-18-8-4-9-19-33/h3-31H,1-2H3. The van der Waals surface area contributed by atoms with Gasteiger partial charge in [0.15, 0.2) is 0 Å². The van der Waals surface area contributed by atoms with Crippen molar-refractivity contribution in [2.45, 2.75) is 19.3 Å². The van der Waals surface area contributed by atoms with E-state index < -0.39 is 0 Å². The van der Waals surface area contributed by atoms with Crippen molar-refractivity contribution in [3.05, 3.63) is 187 Å². The summed E-state index contributed by atoms with van der Waals surface area (Å²) in [4.78, 5) is 5.40. The van der Waals surface area contributed by atoms with Crippen LogP contribution >= 0.6 is 0 Å². The highest BCUT2D eigenvalue weighted by atomic mass is 14.7. The molecule has 49 heavy (non-hydrogen) atoms. The third-order valence-corrected chi connectivity index (χ3v) is 10.2. The van der Waals surface area contributed by atoms with E-state index >= 15 is 0 Å². The van der Waals surface area contributed by atoms with Gasteiger partial charge in [-0.1, -0.05) is 153 Å². The molecule has 8 aromatic rings. The molecule has 9 rings (SSSR count). The summed E-state index contributed by atoms with van der Waals surface area (Å²) in [5, 5.41) is 2.58. The molecular formula is C48H35N. The number of pyridine rings is 1. The zero-order chi connectivity index (χ0) is 33.0. The topological polar surface area (TPSA) is 12.9 Å². The lowest BCUT2D eigenvalue weighted by Gasteiger charge is -2.24. The summed E-state index contributed by atoms with van der Waals surface area (Å²) in [5.74, 6) is 0. The molecule has 1 aromatic heterocycles. The van der Waals surface area contributed by atoms with Gasteiger partial charge in [-0.2, -0.15) is 0 Å².